The van der Waals surface area contributed by atoms with Crippen molar-refractivity contribution in [1.82, 2.24) is 5.32 Å². The lowest BCUT2D eigenvalue weighted by atomic mass is 10.1. The van der Waals surface area contributed by atoms with E-state index in [1.54, 1.807) is 6.08 Å². The first kappa shape index (κ1) is 14.8. The number of halogens is 1. The maximum atomic E-state index is 13.6. The largest absolute Gasteiger partial charge is 0.356 e. The highest BCUT2D eigenvalue weighted by Gasteiger charge is 2.13. The molecule has 5 nitrogen and oxygen atoms in total. The minimum atomic E-state index is -0.538. The first-order valence-corrected chi connectivity index (χ1v) is 5.77. The van der Waals surface area contributed by atoms with Crippen LogP contribution in [0.4, 0.5) is 10.1 Å². The van der Waals surface area contributed by atoms with E-state index in [1.807, 2.05) is 0 Å². The molecule has 0 aromatic heterocycles. The number of benzene rings is 1. The van der Waals surface area contributed by atoms with E-state index in [0.29, 0.717) is 13.0 Å². The van der Waals surface area contributed by atoms with Crippen LogP contribution < -0.4 is 5.32 Å². The summed E-state index contributed by atoms with van der Waals surface area (Å²) in [5.74, 6) is -0.635. The molecule has 1 amide bonds. The third kappa shape index (κ3) is 4.50. The summed E-state index contributed by atoms with van der Waals surface area (Å²) in [6.07, 6.45) is 3.66. The summed E-state index contributed by atoms with van der Waals surface area (Å²) >= 11 is 0. The van der Waals surface area contributed by atoms with Gasteiger partial charge in [0, 0.05) is 30.7 Å². The van der Waals surface area contributed by atoms with Crippen LogP contribution in [0.1, 0.15) is 24.5 Å². The molecule has 0 fully saturated rings. The van der Waals surface area contributed by atoms with Crippen LogP contribution in [0, 0.1) is 22.9 Å². The molecule has 0 aliphatic carbocycles. The van der Waals surface area contributed by atoms with Crippen LogP contribution in [-0.2, 0) is 4.79 Å². The number of hydrogen-bond acceptors (Lipinski definition) is 3. The van der Waals surface area contributed by atoms with Gasteiger partial charge in [0.15, 0.2) is 0 Å². The molecule has 0 saturated heterocycles. The van der Waals surface area contributed by atoms with Gasteiger partial charge in [-0.15, -0.1) is 0 Å². The molecule has 1 aromatic carbocycles. The number of carbonyl (C=O) groups excluding carboxylic acids is 1. The number of rotatable bonds is 5. The van der Waals surface area contributed by atoms with Gasteiger partial charge in [0.2, 0.25) is 5.91 Å². The van der Waals surface area contributed by atoms with Crippen LogP contribution >= 0.6 is 0 Å². The summed E-state index contributed by atoms with van der Waals surface area (Å²) in [5, 5.41) is 13.3. The number of carbonyl (C=O) groups is 1. The van der Waals surface area contributed by atoms with Crippen molar-refractivity contribution in [2.24, 2.45) is 0 Å². The SMILES string of the molecule is CC(=O)NCCC=Cc1cc([N+](=O)[O-])c(C)cc1F. The van der Waals surface area contributed by atoms with Gasteiger partial charge >= 0.3 is 0 Å². The molecule has 0 aliphatic rings. The summed E-state index contributed by atoms with van der Waals surface area (Å²) < 4.78 is 13.6. The van der Waals surface area contributed by atoms with E-state index in [-0.39, 0.29) is 22.7 Å². The second-order valence-electron chi connectivity index (χ2n) is 4.09. The van der Waals surface area contributed by atoms with Gasteiger partial charge in [0.25, 0.3) is 5.69 Å². The van der Waals surface area contributed by atoms with Crippen molar-refractivity contribution >= 4 is 17.7 Å². The zero-order valence-electron chi connectivity index (χ0n) is 10.8. The van der Waals surface area contributed by atoms with Crippen molar-refractivity contribution in [3.63, 3.8) is 0 Å². The van der Waals surface area contributed by atoms with Crippen molar-refractivity contribution in [3.8, 4) is 0 Å². The number of aryl methyl sites for hydroxylation is 1. The van der Waals surface area contributed by atoms with Gasteiger partial charge in [-0.1, -0.05) is 12.2 Å². The minimum Gasteiger partial charge on any atom is -0.356 e. The van der Waals surface area contributed by atoms with Crippen LogP contribution in [0.2, 0.25) is 0 Å². The van der Waals surface area contributed by atoms with E-state index < -0.39 is 10.7 Å². The predicted molar refractivity (Wildman–Crippen MR) is 70.1 cm³/mol. The normalized spacial score (nSPS) is 10.7. The molecule has 0 spiro atoms. The minimum absolute atomic E-state index is 0.108. The molecule has 0 unspecified atom stereocenters. The Morgan fingerprint density at radius 2 is 2.21 bits per heavy atom. The summed E-state index contributed by atoms with van der Waals surface area (Å²) in [5.41, 5.74) is 0.348. The van der Waals surface area contributed by atoms with Gasteiger partial charge in [-0.25, -0.2) is 4.39 Å². The average Bonchev–Trinajstić information content (AvgIpc) is 2.30. The van der Waals surface area contributed by atoms with Crippen molar-refractivity contribution in [2.45, 2.75) is 20.3 Å². The zero-order chi connectivity index (χ0) is 14.4. The molecule has 0 saturated carbocycles. The Kier molecular flexibility index (Phi) is 5.17. The van der Waals surface area contributed by atoms with E-state index in [9.17, 15) is 19.3 Å². The summed E-state index contributed by atoms with van der Waals surface area (Å²) in [6.45, 7) is 3.35. The molecule has 102 valence electrons. The number of nitrogens with zero attached hydrogens (tertiary/aromatic N) is 1. The van der Waals surface area contributed by atoms with Crippen LogP contribution in [0.5, 0.6) is 0 Å². The first-order chi connectivity index (χ1) is 8.91. The Morgan fingerprint density at radius 1 is 1.53 bits per heavy atom. The van der Waals surface area contributed by atoms with E-state index in [0.717, 1.165) is 6.07 Å². The highest BCUT2D eigenvalue weighted by molar-refractivity contribution is 5.72. The monoisotopic (exact) mass is 266 g/mol. The fourth-order valence-corrected chi connectivity index (χ4v) is 1.54. The molecule has 1 aromatic rings. The molecule has 0 atom stereocenters. The lowest BCUT2D eigenvalue weighted by Gasteiger charge is -2.01. The maximum Gasteiger partial charge on any atom is 0.273 e. The van der Waals surface area contributed by atoms with Crippen molar-refractivity contribution in [3.05, 3.63) is 45.3 Å². The number of amides is 1. The summed E-state index contributed by atoms with van der Waals surface area (Å²) in [7, 11) is 0. The number of nitrogens with one attached hydrogen (secondary N) is 1. The fourth-order valence-electron chi connectivity index (χ4n) is 1.54. The lowest BCUT2D eigenvalue weighted by molar-refractivity contribution is -0.385. The molecule has 0 radical (unpaired) electrons. The number of nitro groups is 1. The Morgan fingerprint density at radius 3 is 2.79 bits per heavy atom. The molecule has 1 N–H and O–H groups in total. The van der Waals surface area contributed by atoms with Gasteiger partial charge in [-0.3, -0.25) is 14.9 Å². The molecule has 1 rings (SSSR count). The molecule has 0 heterocycles. The average molecular weight is 266 g/mol. The number of hydrogen-bond donors (Lipinski definition) is 1. The third-order valence-electron chi connectivity index (χ3n) is 2.49. The van der Waals surface area contributed by atoms with Gasteiger partial charge in [0.1, 0.15) is 5.82 Å². The standard InChI is InChI=1S/C13H15FN2O3/c1-9-7-12(14)11(8-13(9)16(18)19)5-3-4-6-15-10(2)17/h3,5,7-8H,4,6H2,1-2H3,(H,15,17). The molecule has 0 aliphatic heterocycles. The smallest absolute Gasteiger partial charge is 0.273 e. The van der Waals surface area contributed by atoms with Gasteiger partial charge in [-0.2, -0.15) is 0 Å². The molecule has 6 heteroatoms. The van der Waals surface area contributed by atoms with Gasteiger partial charge < -0.3 is 5.32 Å². The van der Waals surface area contributed by atoms with Crippen LogP contribution in [-0.4, -0.2) is 17.4 Å². The highest BCUT2D eigenvalue weighted by atomic mass is 19.1. The van der Waals surface area contributed by atoms with Crippen molar-refractivity contribution < 1.29 is 14.1 Å². The van der Waals surface area contributed by atoms with Crippen LogP contribution in [0.25, 0.3) is 6.08 Å². The van der Waals surface area contributed by atoms with Gasteiger partial charge in [0.05, 0.1) is 4.92 Å². The third-order valence-corrected chi connectivity index (χ3v) is 2.49. The highest BCUT2D eigenvalue weighted by Crippen LogP contribution is 2.23. The van der Waals surface area contributed by atoms with E-state index in [4.69, 9.17) is 0 Å². The summed E-state index contributed by atoms with van der Waals surface area (Å²) in [4.78, 5) is 20.8. The summed E-state index contributed by atoms with van der Waals surface area (Å²) in [6, 6.07) is 2.35. The Bertz CT molecular complexity index is 527. The van der Waals surface area contributed by atoms with Crippen LogP contribution in [0.15, 0.2) is 18.2 Å². The topological polar surface area (TPSA) is 72.2 Å². The van der Waals surface area contributed by atoms with E-state index in [1.165, 1.54) is 26.0 Å². The Labute approximate surface area is 110 Å². The maximum absolute atomic E-state index is 13.6. The fraction of sp³-hybridized carbons (Fsp3) is 0.308. The second-order valence-corrected chi connectivity index (χ2v) is 4.09. The molecule has 0 bridgehead atoms. The first-order valence-electron chi connectivity index (χ1n) is 5.77. The zero-order valence-corrected chi connectivity index (χ0v) is 10.8. The van der Waals surface area contributed by atoms with Crippen molar-refractivity contribution in [1.29, 1.82) is 0 Å². The van der Waals surface area contributed by atoms with E-state index in [2.05, 4.69) is 5.32 Å². The Hall–Kier alpha value is -2.24. The molecular formula is C13H15FN2O3. The van der Waals surface area contributed by atoms with Crippen molar-refractivity contribution in [2.75, 3.05) is 6.54 Å². The van der Waals surface area contributed by atoms with Gasteiger partial charge in [-0.05, 0) is 19.4 Å². The molecule has 19 heavy (non-hydrogen) atoms. The predicted octanol–water partition coefficient (Wildman–Crippen LogP) is 2.58. The van der Waals surface area contributed by atoms with Crippen LogP contribution in [0.3, 0.4) is 0 Å². The molecular weight excluding hydrogens is 251 g/mol. The lowest BCUT2D eigenvalue weighted by Crippen LogP contribution is -2.20. The Balaban J connectivity index is 2.77. The number of nitro benzene ring substituents is 1. The second kappa shape index (κ2) is 6.63. The van der Waals surface area contributed by atoms with E-state index >= 15 is 0 Å². The quantitative estimate of drug-likeness (QED) is 0.505.